The number of benzene rings is 4. The first-order chi connectivity index (χ1) is 28.4. The minimum Gasteiger partial charge on any atom is -0.508 e. The first-order valence-electron chi connectivity index (χ1n) is 20.3. The number of ether oxygens (including phenoxy) is 1. The van der Waals surface area contributed by atoms with Gasteiger partial charge in [0.25, 0.3) is 5.91 Å². The maximum atomic E-state index is 13.7. The first kappa shape index (κ1) is 44.5. The molecule has 2 aliphatic rings. The molecule has 9 nitrogen and oxygen atoms in total. The topological polar surface area (TPSA) is 119 Å². The van der Waals surface area contributed by atoms with E-state index in [-0.39, 0.29) is 17.6 Å². The number of likely N-dealkylation sites (tertiary alicyclic amines) is 1. The van der Waals surface area contributed by atoms with Crippen LogP contribution in [0.3, 0.4) is 0 Å². The van der Waals surface area contributed by atoms with Gasteiger partial charge in [-0.3, -0.25) is 9.59 Å². The van der Waals surface area contributed by atoms with E-state index >= 15 is 0 Å². The maximum Gasteiger partial charge on any atom is 0.490 e. The molecule has 0 bridgehead atoms. The summed E-state index contributed by atoms with van der Waals surface area (Å²) in [5.74, 6) is -0.124. The number of aliphatic carboxylic acids is 1. The maximum absolute atomic E-state index is 13.7. The smallest absolute Gasteiger partial charge is 0.490 e. The molecule has 0 aromatic heterocycles. The highest BCUT2D eigenvalue weighted by Crippen LogP contribution is 2.28. The molecule has 3 N–H and O–H groups in total. The molecule has 12 heteroatoms. The van der Waals surface area contributed by atoms with Gasteiger partial charge >= 0.3 is 12.1 Å². The second-order valence-corrected chi connectivity index (χ2v) is 15.2. The SMILES string of the molecule is COc1ccc(C=CC(=O)N(CCc2ccc(O)cc2)Cc2cccc(-c3cccc(C(=O)N4CCC(CCCC5CCNCC5)CC4)c3)c2)cc1.O=C(O)C(F)(F)F. The molecule has 0 saturated carbocycles. The van der Waals surface area contributed by atoms with Gasteiger partial charge in [-0.25, -0.2) is 4.79 Å². The van der Waals surface area contributed by atoms with Crippen LogP contribution >= 0.6 is 0 Å². The fourth-order valence-corrected chi connectivity index (χ4v) is 7.56. The molecule has 0 radical (unpaired) electrons. The summed E-state index contributed by atoms with van der Waals surface area (Å²) in [5, 5.41) is 20.3. The van der Waals surface area contributed by atoms with Crippen molar-refractivity contribution < 1.29 is 42.5 Å². The number of piperidine rings is 2. The molecule has 4 aromatic carbocycles. The van der Waals surface area contributed by atoms with Crippen LogP contribution < -0.4 is 10.1 Å². The highest BCUT2D eigenvalue weighted by atomic mass is 19.4. The van der Waals surface area contributed by atoms with E-state index in [0.717, 1.165) is 76.9 Å². The molecule has 2 fully saturated rings. The number of rotatable bonds is 14. The zero-order chi connectivity index (χ0) is 42.2. The standard InChI is InChI=1S/C45H53N3O4.C2HF3O2/c1-52-43-18-13-36(14-19-43)15-20-44(50)48(30-25-37-11-16-42(49)17-12-37)33-38-7-3-8-39(31-38)40-9-4-10-41(32-40)45(51)47-28-23-35(24-29-47)6-2-5-34-21-26-46-27-22-34;3-2(4,5)1(6)7/h3-4,7-20,31-32,34-35,46,49H,2,5-6,21-30,33H2,1H3;(H,6,7). The van der Waals surface area contributed by atoms with Crippen molar-refractivity contribution in [2.45, 2.75) is 64.1 Å². The Morgan fingerprint density at radius 3 is 2.07 bits per heavy atom. The van der Waals surface area contributed by atoms with Crippen LogP contribution in [0.25, 0.3) is 17.2 Å². The third-order valence-corrected chi connectivity index (χ3v) is 11.0. The van der Waals surface area contributed by atoms with E-state index in [4.69, 9.17) is 14.6 Å². The molecule has 0 atom stereocenters. The molecule has 314 valence electrons. The number of methoxy groups -OCH3 is 1. The second-order valence-electron chi connectivity index (χ2n) is 15.2. The molecule has 2 aliphatic heterocycles. The monoisotopic (exact) mass is 813 g/mol. The van der Waals surface area contributed by atoms with Crippen molar-refractivity contribution in [2.75, 3.05) is 39.8 Å². The van der Waals surface area contributed by atoms with E-state index in [1.165, 1.54) is 45.2 Å². The van der Waals surface area contributed by atoms with Crippen LogP contribution in [0.5, 0.6) is 11.5 Å². The van der Waals surface area contributed by atoms with Crippen molar-refractivity contribution in [3.05, 3.63) is 125 Å². The summed E-state index contributed by atoms with van der Waals surface area (Å²) in [5.41, 5.74) is 5.69. The van der Waals surface area contributed by atoms with Crippen molar-refractivity contribution in [3.8, 4) is 22.6 Å². The van der Waals surface area contributed by atoms with E-state index in [9.17, 15) is 27.9 Å². The number of halogens is 3. The molecule has 59 heavy (non-hydrogen) atoms. The Kier molecular flexibility index (Phi) is 16.5. The highest BCUT2D eigenvalue weighted by Gasteiger charge is 2.38. The van der Waals surface area contributed by atoms with Crippen LogP contribution in [0.2, 0.25) is 0 Å². The normalized spacial score (nSPS) is 15.0. The minimum absolute atomic E-state index is 0.0851. The summed E-state index contributed by atoms with van der Waals surface area (Å²) >= 11 is 0. The average molecular weight is 814 g/mol. The van der Waals surface area contributed by atoms with Gasteiger partial charge in [0.05, 0.1) is 7.11 Å². The molecular weight excluding hydrogens is 760 g/mol. The number of carbonyl (C=O) groups is 3. The van der Waals surface area contributed by atoms with Gasteiger partial charge in [-0.05, 0) is 133 Å². The lowest BCUT2D eigenvalue weighted by Crippen LogP contribution is -2.38. The van der Waals surface area contributed by atoms with Crippen molar-refractivity contribution in [1.29, 1.82) is 0 Å². The van der Waals surface area contributed by atoms with Gasteiger partial charge < -0.3 is 30.1 Å². The van der Waals surface area contributed by atoms with Crippen LogP contribution in [0.4, 0.5) is 13.2 Å². The minimum atomic E-state index is -5.08. The van der Waals surface area contributed by atoms with E-state index < -0.39 is 12.1 Å². The first-order valence-corrected chi connectivity index (χ1v) is 20.3. The number of nitrogens with zero attached hydrogens (tertiary/aromatic N) is 2. The fourth-order valence-electron chi connectivity index (χ4n) is 7.56. The molecule has 6 rings (SSSR count). The van der Waals surface area contributed by atoms with Gasteiger partial charge in [0.15, 0.2) is 0 Å². The number of carboxylic acid groups (broad SMARTS) is 1. The second kappa shape index (κ2) is 21.9. The van der Waals surface area contributed by atoms with Crippen molar-refractivity contribution in [2.24, 2.45) is 11.8 Å². The Hall–Kier alpha value is -5.62. The quantitative estimate of drug-likeness (QED) is 0.109. The zero-order valence-electron chi connectivity index (χ0n) is 33.5. The van der Waals surface area contributed by atoms with Gasteiger partial charge in [0.2, 0.25) is 5.91 Å². The van der Waals surface area contributed by atoms with E-state index in [0.29, 0.717) is 19.5 Å². The number of nitrogens with one attached hydrogen (secondary N) is 1. The van der Waals surface area contributed by atoms with E-state index in [1.54, 1.807) is 25.3 Å². The van der Waals surface area contributed by atoms with Gasteiger partial charge in [-0.2, -0.15) is 13.2 Å². The van der Waals surface area contributed by atoms with Gasteiger partial charge in [0.1, 0.15) is 11.5 Å². The Balaban J connectivity index is 0.000000867. The van der Waals surface area contributed by atoms with Crippen LogP contribution in [0, 0.1) is 11.8 Å². The summed E-state index contributed by atoms with van der Waals surface area (Å²) in [6.45, 7) is 4.95. The lowest BCUT2D eigenvalue weighted by molar-refractivity contribution is -0.192. The summed E-state index contributed by atoms with van der Waals surface area (Å²) in [4.78, 5) is 40.0. The number of hydrogen-bond acceptors (Lipinski definition) is 6. The number of carboxylic acids is 1. The fraction of sp³-hybridized carbons (Fsp3) is 0.383. The largest absolute Gasteiger partial charge is 0.508 e. The molecule has 2 heterocycles. The van der Waals surface area contributed by atoms with Crippen LogP contribution in [0.1, 0.15) is 72.0 Å². The van der Waals surface area contributed by atoms with E-state index in [1.807, 2.05) is 82.6 Å². The lowest BCUT2D eigenvalue weighted by atomic mass is 9.87. The molecule has 4 aromatic rings. The van der Waals surface area contributed by atoms with Crippen LogP contribution in [0.15, 0.2) is 103 Å². The Morgan fingerprint density at radius 2 is 1.44 bits per heavy atom. The van der Waals surface area contributed by atoms with Gasteiger partial charge in [0, 0.05) is 37.8 Å². The molecule has 0 spiro atoms. The third kappa shape index (κ3) is 14.3. The van der Waals surface area contributed by atoms with Gasteiger partial charge in [-0.1, -0.05) is 73.9 Å². The van der Waals surface area contributed by atoms with Gasteiger partial charge in [-0.15, -0.1) is 0 Å². The number of phenolic OH excluding ortho intramolecular Hbond substituents is 1. The van der Waals surface area contributed by atoms with Crippen molar-refractivity contribution in [1.82, 2.24) is 15.1 Å². The summed E-state index contributed by atoms with van der Waals surface area (Å²) in [6.07, 6.45) is 7.80. The zero-order valence-corrected chi connectivity index (χ0v) is 33.5. The summed E-state index contributed by atoms with van der Waals surface area (Å²) in [7, 11) is 1.63. The lowest BCUT2D eigenvalue weighted by Gasteiger charge is -2.32. The summed E-state index contributed by atoms with van der Waals surface area (Å²) < 4.78 is 37.0. The number of phenols is 1. The molecule has 0 aliphatic carbocycles. The molecule has 0 unspecified atom stereocenters. The van der Waals surface area contributed by atoms with Crippen LogP contribution in [-0.2, 0) is 22.6 Å². The van der Waals surface area contributed by atoms with Crippen molar-refractivity contribution >= 4 is 23.9 Å². The number of alkyl halides is 3. The summed E-state index contributed by atoms with van der Waals surface area (Å²) in [6, 6.07) is 30.9. The molecule has 2 amide bonds. The van der Waals surface area contributed by atoms with Crippen molar-refractivity contribution in [3.63, 3.8) is 0 Å². The van der Waals surface area contributed by atoms with E-state index in [2.05, 4.69) is 23.5 Å². The Bertz CT molecular complexity index is 1990. The number of amides is 2. The van der Waals surface area contributed by atoms with Crippen LogP contribution in [-0.4, -0.2) is 83.8 Å². The number of carbonyl (C=O) groups excluding carboxylic acids is 2. The highest BCUT2D eigenvalue weighted by molar-refractivity contribution is 5.95. The number of hydrogen-bond donors (Lipinski definition) is 3. The predicted octanol–water partition coefficient (Wildman–Crippen LogP) is 9.01. The average Bonchev–Trinajstić information content (AvgIpc) is 3.25. The number of aromatic hydroxyl groups is 1. The predicted molar refractivity (Wildman–Crippen MR) is 223 cm³/mol. The Labute approximate surface area is 344 Å². The third-order valence-electron chi connectivity index (χ3n) is 11.0. The molecular formula is C47H54F3N3O6. The Morgan fingerprint density at radius 1 is 0.831 bits per heavy atom. The molecule has 2 saturated heterocycles.